The normalized spacial score (nSPS) is 11.5. The fourth-order valence-corrected chi connectivity index (χ4v) is 3.61. The van der Waals surface area contributed by atoms with E-state index in [1.807, 2.05) is 35.0 Å². The highest BCUT2D eigenvalue weighted by Gasteiger charge is 2.14. The number of thiophene rings is 2. The number of nitrogens with zero attached hydrogens (tertiary/aromatic N) is 1. The first-order chi connectivity index (χ1) is 10.2. The van der Waals surface area contributed by atoms with E-state index in [1.54, 1.807) is 41.7 Å². The van der Waals surface area contributed by atoms with Gasteiger partial charge < -0.3 is 0 Å². The molecule has 0 bridgehead atoms. The van der Waals surface area contributed by atoms with Crippen LogP contribution >= 0.6 is 22.7 Å². The van der Waals surface area contributed by atoms with Crippen molar-refractivity contribution in [3.05, 3.63) is 79.8 Å². The highest BCUT2D eigenvalue weighted by Crippen LogP contribution is 2.31. The van der Waals surface area contributed by atoms with Gasteiger partial charge in [0, 0.05) is 21.4 Å². The lowest BCUT2D eigenvalue weighted by Gasteiger charge is -1.97. The molecule has 0 N–H and O–H groups in total. The Bertz CT molecular complexity index is 774. The second-order valence-corrected chi connectivity index (χ2v) is 6.26. The van der Waals surface area contributed by atoms with Crippen LogP contribution in [0.15, 0.2) is 59.3 Å². The Kier molecular flexibility index (Phi) is 3.94. The minimum Gasteiger partial charge on any atom is -0.258 e. The molecule has 0 saturated heterocycles. The van der Waals surface area contributed by atoms with E-state index in [9.17, 15) is 10.1 Å². The molecular formula is C16H11NO2S2. The van der Waals surface area contributed by atoms with Gasteiger partial charge in [-0.3, -0.25) is 10.1 Å². The van der Waals surface area contributed by atoms with Gasteiger partial charge in [-0.1, -0.05) is 24.3 Å². The molecule has 0 aliphatic rings. The Balaban J connectivity index is 1.97. The van der Waals surface area contributed by atoms with Gasteiger partial charge in [0.1, 0.15) is 0 Å². The van der Waals surface area contributed by atoms with Crippen molar-refractivity contribution in [1.29, 1.82) is 0 Å². The Hall–Kier alpha value is -2.24. The second-order valence-electron chi connectivity index (χ2n) is 4.37. The van der Waals surface area contributed by atoms with Crippen molar-refractivity contribution >= 4 is 34.4 Å². The first-order valence-electron chi connectivity index (χ1n) is 6.28. The van der Waals surface area contributed by atoms with E-state index in [4.69, 9.17) is 0 Å². The second kappa shape index (κ2) is 6.03. The quantitative estimate of drug-likeness (QED) is 0.487. The predicted molar refractivity (Wildman–Crippen MR) is 88.9 cm³/mol. The largest absolute Gasteiger partial charge is 0.277 e. The Morgan fingerprint density at radius 2 is 1.90 bits per heavy atom. The molecule has 0 aliphatic carbocycles. The molecule has 0 unspecified atom stereocenters. The number of benzene rings is 1. The summed E-state index contributed by atoms with van der Waals surface area (Å²) in [6.07, 6.45) is 1.64. The first kappa shape index (κ1) is 13.7. The van der Waals surface area contributed by atoms with Crippen LogP contribution < -0.4 is 0 Å². The van der Waals surface area contributed by atoms with Crippen LogP contribution in [0.3, 0.4) is 0 Å². The lowest BCUT2D eigenvalue weighted by molar-refractivity contribution is -0.374. The summed E-state index contributed by atoms with van der Waals surface area (Å²) in [7, 11) is 0. The molecule has 3 nitrogen and oxygen atoms in total. The summed E-state index contributed by atoms with van der Waals surface area (Å²) >= 11 is 3.18. The smallest absolute Gasteiger partial charge is 0.258 e. The van der Waals surface area contributed by atoms with Crippen molar-refractivity contribution < 1.29 is 4.92 Å². The molecule has 5 heteroatoms. The molecule has 0 amide bonds. The Morgan fingerprint density at radius 1 is 1.10 bits per heavy atom. The van der Waals surface area contributed by atoms with Gasteiger partial charge in [0.25, 0.3) is 5.70 Å². The predicted octanol–water partition coefficient (Wildman–Crippen LogP) is 5.25. The van der Waals surface area contributed by atoms with Crippen LogP contribution in [0.2, 0.25) is 0 Å². The first-order valence-corrected chi connectivity index (χ1v) is 8.04. The highest BCUT2D eigenvalue weighted by molar-refractivity contribution is 7.15. The average Bonchev–Trinajstić information content (AvgIpc) is 3.16. The SMILES string of the molecule is O=[N+]([O-])C(=Cc1cc(-c2cccs2)cs1)c1ccccc1. The van der Waals surface area contributed by atoms with Crippen LogP contribution in [0.5, 0.6) is 0 Å². The van der Waals surface area contributed by atoms with Gasteiger partial charge in [0.15, 0.2) is 0 Å². The summed E-state index contributed by atoms with van der Waals surface area (Å²) in [4.78, 5) is 13.0. The summed E-state index contributed by atoms with van der Waals surface area (Å²) in [6.45, 7) is 0. The standard InChI is InChI=1S/C16H11NO2S2/c18-17(19)15(12-5-2-1-3-6-12)10-14-9-13(11-21-14)16-7-4-8-20-16/h1-11H. The molecule has 0 saturated carbocycles. The van der Waals surface area contributed by atoms with Crippen LogP contribution in [0.1, 0.15) is 10.4 Å². The van der Waals surface area contributed by atoms with E-state index in [0.717, 1.165) is 10.4 Å². The van der Waals surface area contributed by atoms with E-state index in [1.165, 1.54) is 16.2 Å². The minimum atomic E-state index is -0.333. The molecule has 3 aromatic rings. The van der Waals surface area contributed by atoms with E-state index in [2.05, 4.69) is 0 Å². The van der Waals surface area contributed by atoms with Crippen molar-refractivity contribution in [2.24, 2.45) is 0 Å². The zero-order valence-corrected chi connectivity index (χ0v) is 12.6. The third-order valence-electron chi connectivity index (χ3n) is 2.97. The maximum atomic E-state index is 11.3. The van der Waals surface area contributed by atoms with Crippen molar-refractivity contribution in [2.75, 3.05) is 0 Å². The van der Waals surface area contributed by atoms with E-state index < -0.39 is 0 Å². The monoisotopic (exact) mass is 313 g/mol. The van der Waals surface area contributed by atoms with E-state index >= 15 is 0 Å². The fourth-order valence-electron chi connectivity index (χ4n) is 1.99. The Morgan fingerprint density at radius 3 is 2.57 bits per heavy atom. The van der Waals surface area contributed by atoms with Crippen molar-refractivity contribution in [3.8, 4) is 10.4 Å². The minimum absolute atomic E-state index is 0.121. The summed E-state index contributed by atoms with van der Waals surface area (Å²) in [5.74, 6) is 0. The lowest BCUT2D eigenvalue weighted by atomic mass is 10.1. The molecule has 2 heterocycles. The number of rotatable bonds is 4. The van der Waals surface area contributed by atoms with Crippen LogP contribution in [0.4, 0.5) is 0 Å². The zero-order valence-electron chi connectivity index (χ0n) is 10.9. The number of nitro groups is 1. The summed E-state index contributed by atoms with van der Waals surface area (Å²) in [6, 6.07) is 15.0. The van der Waals surface area contributed by atoms with Crippen molar-refractivity contribution in [3.63, 3.8) is 0 Å². The maximum absolute atomic E-state index is 11.3. The third kappa shape index (κ3) is 3.09. The topological polar surface area (TPSA) is 43.1 Å². The summed E-state index contributed by atoms with van der Waals surface area (Å²) in [5.41, 5.74) is 1.85. The van der Waals surface area contributed by atoms with Crippen LogP contribution in [0, 0.1) is 10.1 Å². The van der Waals surface area contributed by atoms with Gasteiger partial charge in [-0.05, 0) is 35.0 Å². The van der Waals surface area contributed by atoms with Crippen LogP contribution in [-0.2, 0) is 0 Å². The molecule has 1 aromatic carbocycles. The van der Waals surface area contributed by atoms with E-state index in [-0.39, 0.29) is 10.6 Å². The third-order valence-corrected chi connectivity index (χ3v) is 4.77. The van der Waals surface area contributed by atoms with Gasteiger partial charge in [-0.25, -0.2) is 0 Å². The van der Waals surface area contributed by atoms with Crippen molar-refractivity contribution in [2.45, 2.75) is 0 Å². The van der Waals surface area contributed by atoms with E-state index in [0.29, 0.717) is 5.56 Å². The molecule has 3 rings (SSSR count). The van der Waals surface area contributed by atoms with Gasteiger partial charge in [-0.2, -0.15) is 0 Å². The summed E-state index contributed by atoms with van der Waals surface area (Å²) in [5, 5.41) is 15.3. The van der Waals surface area contributed by atoms with Gasteiger partial charge in [0.05, 0.1) is 10.5 Å². The highest BCUT2D eigenvalue weighted by atomic mass is 32.1. The van der Waals surface area contributed by atoms with Gasteiger partial charge in [-0.15, -0.1) is 22.7 Å². The Labute approximate surface area is 130 Å². The molecule has 21 heavy (non-hydrogen) atoms. The molecule has 0 spiro atoms. The van der Waals surface area contributed by atoms with Gasteiger partial charge >= 0.3 is 0 Å². The molecule has 0 aliphatic heterocycles. The lowest BCUT2D eigenvalue weighted by Crippen LogP contribution is -1.96. The zero-order chi connectivity index (χ0) is 14.7. The van der Waals surface area contributed by atoms with Gasteiger partial charge in [0.2, 0.25) is 0 Å². The van der Waals surface area contributed by atoms with Crippen LogP contribution in [-0.4, -0.2) is 4.92 Å². The number of hydrogen-bond donors (Lipinski definition) is 0. The molecular weight excluding hydrogens is 302 g/mol. The maximum Gasteiger partial charge on any atom is 0.277 e. The summed E-state index contributed by atoms with van der Waals surface area (Å²) < 4.78 is 0. The van der Waals surface area contributed by atoms with Crippen LogP contribution in [0.25, 0.3) is 22.2 Å². The number of hydrogen-bond acceptors (Lipinski definition) is 4. The molecule has 0 atom stereocenters. The molecule has 2 aromatic heterocycles. The average molecular weight is 313 g/mol. The fraction of sp³-hybridized carbons (Fsp3) is 0. The van der Waals surface area contributed by atoms with Crippen molar-refractivity contribution in [1.82, 2.24) is 0 Å². The molecule has 0 fully saturated rings. The molecule has 104 valence electrons. The molecule has 0 radical (unpaired) electrons.